The Morgan fingerprint density at radius 1 is 0.893 bits per heavy atom. The monoisotopic (exact) mass is 402 g/mol. The molecule has 0 unspecified atom stereocenters. The summed E-state index contributed by atoms with van der Waals surface area (Å²) in [6.07, 6.45) is 3.80. The third kappa shape index (κ3) is 5.83. The molecule has 1 N–H and O–H groups in total. The number of sulfonamides is 1. The molecule has 0 radical (unpaired) electrons. The Balaban J connectivity index is 2.12. The van der Waals surface area contributed by atoms with Crippen LogP contribution in [0.3, 0.4) is 0 Å². The molecule has 2 aromatic carbocycles. The van der Waals surface area contributed by atoms with Gasteiger partial charge < -0.3 is 5.32 Å². The summed E-state index contributed by atoms with van der Waals surface area (Å²) in [4.78, 5) is 12.5. The van der Waals surface area contributed by atoms with Crippen molar-refractivity contribution in [2.24, 2.45) is 0 Å². The Kier molecular flexibility index (Phi) is 7.63. The third-order valence-electron chi connectivity index (χ3n) is 4.86. The van der Waals surface area contributed by atoms with Crippen LogP contribution in [0.4, 0.5) is 5.69 Å². The van der Waals surface area contributed by atoms with Crippen LogP contribution >= 0.6 is 0 Å². The Hall–Kier alpha value is -2.34. The largest absolute Gasteiger partial charge is 0.350 e. The molecule has 6 heteroatoms. The Bertz CT molecular complexity index is 906. The molecule has 2 rings (SSSR count). The van der Waals surface area contributed by atoms with E-state index >= 15 is 0 Å². The molecule has 1 amide bonds. The Labute approximate surface area is 168 Å². The molecule has 0 aliphatic heterocycles. The fourth-order valence-corrected chi connectivity index (χ4v) is 3.94. The molecule has 0 heterocycles. The van der Waals surface area contributed by atoms with Crippen molar-refractivity contribution in [3.8, 4) is 0 Å². The summed E-state index contributed by atoms with van der Waals surface area (Å²) in [6, 6.07) is 13.6. The Morgan fingerprint density at radius 3 is 2.04 bits per heavy atom. The van der Waals surface area contributed by atoms with Gasteiger partial charge in [-0.05, 0) is 53.6 Å². The molecule has 0 atom stereocenters. The normalized spacial score (nSPS) is 11.3. The number of nitrogens with zero attached hydrogens (tertiary/aromatic N) is 1. The van der Waals surface area contributed by atoms with E-state index in [4.69, 9.17) is 0 Å². The highest BCUT2D eigenvalue weighted by molar-refractivity contribution is 7.92. The smallest absolute Gasteiger partial charge is 0.241 e. The van der Waals surface area contributed by atoms with E-state index in [0.29, 0.717) is 12.2 Å². The van der Waals surface area contributed by atoms with Crippen molar-refractivity contribution in [1.82, 2.24) is 5.32 Å². The molecule has 0 bridgehead atoms. The summed E-state index contributed by atoms with van der Waals surface area (Å²) >= 11 is 0. The highest BCUT2D eigenvalue weighted by Crippen LogP contribution is 2.19. The van der Waals surface area contributed by atoms with E-state index < -0.39 is 10.0 Å². The van der Waals surface area contributed by atoms with Crippen LogP contribution in [-0.2, 0) is 40.6 Å². The van der Waals surface area contributed by atoms with Gasteiger partial charge in [-0.2, -0.15) is 0 Å². The summed E-state index contributed by atoms with van der Waals surface area (Å²) in [5.41, 5.74) is 5.10. The number of amides is 1. The lowest BCUT2D eigenvalue weighted by molar-refractivity contribution is -0.119. The topological polar surface area (TPSA) is 66.5 Å². The summed E-state index contributed by atoms with van der Waals surface area (Å²) in [5.74, 6) is -0.325. The molecule has 0 aliphatic rings. The van der Waals surface area contributed by atoms with E-state index in [9.17, 15) is 13.2 Å². The standard InChI is InChI=1S/C22H30N2O3S/c1-5-17-9-12-21(13-10-17)24(28(4,26)27)16-22(25)23-15-20-14-18(6-2)8-11-19(20)7-3/h8-14H,5-7,15-16H2,1-4H3,(H,23,25). The fraction of sp³-hybridized carbons (Fsp3) is 0.409. The maximum Gasteiger partial charge on any atom is 0.241 e. The first-order chi connectivity index (χ1) is 13.3. The van der Waals surface area contributed by atoms with Crippen molar-refractivity contribution < 1.29 is 13.2 Å². The predicted octanol–water partition coefficient (Wildman–Crippen LogP) is 3.46. The summed E-state index contributed by atoms with van der Waals surface area (Å²) in [7, 11) is -3.57. The zero-order valence-corrected chi connectivity index (χ0v) is 18.0. The number of hydrogen-bond acceptors (Lipinski definition) is 3. The van der Waals surface area contributed by atoms with Gasteiger partial charge >= 0.3 is 0 Å². The number of carbonyl (C=O) groups is 1. The van der Waals surface area contributed by atoms with E-state index in [-0.39, 0.29) is 12.5 Å². The van der Waals surface area contributed by atoms with Crippen molar-refractivity contribution >= 4 is 21.6 Å². The maximum atomic E-state index is 12.5. The number of hydrogen-bond donors (Lipinski definition) is 1. The first kappa shape index (κ1) is 22.0. The van der Waals surface area contributed by atoms with Gasteiger partial charge in [-0.25, -0.2) is 8.42 Å². The number of aryl methyl sites for hydroxylation is 3. The molecule has 0 spiro atoms. The van der Waals surface area contributed by atoms with Gasteiger partial charge in [0.05, 0.1) is 11.9 Å². The molecule has 0 saturated heterocycles. The van der Waals surface area contributed by atoms with Crippen LogP contribution in [0.5, 0.6) is 0 Å². The number of rotatable bonds is 9. The highest BCUT2D eigenvalue weighted by atomic mass is 32.2. The quantitative estimate of drug-likeness (QED) is 0.699. The molecular formula is C22H30N2O3S. The van der Waals surface area contributed by atoms with E-state index in [1.807, 2.05) is 19.1 Å². The molecule has 28 heavy (non-hydrogen) atoms. The minimum Gasteiger partial charge on any atom is -0.350 e. The zero-order valence-electron chi connectivity index (χ0n) is 17.2. The lowest BCUT2D eigenvalue weighted by Crippen LogP contribution is -2.40. The van der Waals surface area contributed by atoms with Crippen LogP contribution in [0, 0.1) is 0 Å². The van der Waals surface area contributed by atoms with Gasteiger partial charge in [0.15, 0.2) is 0 Å². The first-order valence-electron chi connectivity index (χ1n) is 9.72. The molecule has 0 fully saturated rings. The van der Waals surface area contributed by atoms with Crippen molar-refractivity contribution in [2.45, 2.75) is 46.6 Å². The summed E-state index contributed by atoms with van der Waals surface area (Å²) in [5, 5.41) is 2.87. The lowest BCUT2D eigenvalue weighted by atomic mass is 10.0. The summed E-state index contributed by atoms with van der Waals surface area (Å²) < 4.78 is 25.6. The van der Waals surface area contributed by atoms with Gasteiger partial charge in [-0.1, -0.05) is 51.1 Å². The average Bonchev–Trinajstić information content (AvgIpc) is 2.69. The van der Waals surface area contributed by atoms with Crippen molar-refractivity contribution in [3.63, 3.8) is 0 Å². The van der Waals surface area contributed by atoms with Gasteiger partial charge in [0.1, 0.15) is 6.54 Å². The number of benzene rings is 2. The van der Waals surface area contributed by atoms with E-state index in [2.05, 4.69) is 37.4 Å². The van der Waals surface area contributed by atoms with Crippen LogP contribution < -0.4 is 9.62 Å². The number of nitrogens with one attached hydrogen (secondary N) is 1. The van der Waals surface area contributed by atoms with Gasteiger partial charge in [0.2, 0.25) is 15.9 Å². The van der Waals surface area contributed by atoms with Gasteiger partial charge in [0, 0.05) is 6.54 Å². The van der Waals surface area contributed by atoms with Crippen LogP contribution in [0.1, 0.15) is 43.0 Å². The lowest BCUT2D eigenvalue weighted by Gasteiger charge is -2.22. The van der Waals surface area contributed by atoms with Gasteiger partial charge in [-0.15, -0.1) is 0 Å². The SMILES string of the molecule is CCc1ccc(N(CC(=O)NCc2cc(CC)ccc2CC)S(C)(=O)=O)cc1. The minimum atomic E-state index is -3.57. The Morgan fingerprint density at radius 2 is 1.50 bits per heavy atom. The van der Waals surface area contributed by atoms with E-state index in [1.54, 1.807) is 12.1 Å². The second-order valence-corrected chi connectivity index (χ2v) is 8.78. The first-order valence-corrected chi connectivity index (χ1v) is 11.6. The van der Waals surface area contributed by atoms with Gasteiger partial charge in [-0.3, -0.25) is 9.10 Å². The van der Waals surface area contributed by atoms with Crippen molar-refractivity contribution in [1.29, 1.82) is 0 Å². The predicted molar refractivity (Wildman–Crippen MR) is 115 cm³/mol. The zero-order chi connectivity index (χ0) is 20.7. The second-order valence-electron chi connectivity index (χ2n) is 6.88. The molecule has 0 aromatic heterocycles. The van der Waals surface area contributed by atoms with Crippen LogP contribution in [-0.4, -0.2) is 27.1 Å². The third-order valence-corrected chi connectivity index (χ3v) is 6.00. The van der Waals surface area contributed by atoms with Crippen LogP contribution in [0.15, 0.2) is 42.5 Å². The molecule has 0 saturated carbocycles. The second kappa shape index (κ2) is 9.73. The van der Waals surface area contributed by atoms with E-state index in [1.165, 1.54) is 11.1 Å². The van der Waals surface area contributed by atoms with Crippen LogP contribution in [0.25, 0.3) is 0 Å². The van der Waals surface area contributed by atoms with Crippen LogP contribution in [0.2, 0.25) is 0 Å². The highest BCUT2D eigenvalue weighted by Gasteiger charge is 2.20. The van der Waals surface area contributed by atoms with Crippen molar-refractivity contribution in [3.05, 3.63) is 64.7 Å². The van der Waals surface area contributed by atoms with Gasteiger partial charge in [0.25, 0.3) is 0 Å². The minimum absolute atomic E-state index is 0.237. The fourth-order valence-electron chi connectivity index (χ4n) is 3.09. The average molecular weight is 403 g/mol. The number of anilines is 1. The van der Waals surface area contributed by atoms with Crippen molar-refractivity contribution in [2.75, 3.05) is 17.1 Å². The molecule has 0 aliphatic carbocycles. The summed E-state index contributed by atoms with van der Waals surface area (Å²) in [6.45, 7) is 6.37. The molecule has 152 valence electrons. The maximum absolute atomic E-state index is 12.5. The number of carbonyl (C=O) groups excluding carboxylic acids is 1. The van der Waals surface area contributed by atoms with E-state index in [0.717, 1.165) is 41.0 Å². The molecular weight excluding hydrogens is 372 g/mol. The molecule has 5 nitrogen and oxygen atoms in total. The molecule has 2 aromatic rings.